The molecular formula is C8H6N2O5S. The van der Waals surface area contributed by atoms with Crippen LogP contribution < -0.4 is 11.2 Å². The zero-order valence-corrected chi connectivity index (χ0v) is 8.56. The summed E-state index contributed by atoms with van der Waals surface area (Å²) in [7, 11) is -4.74. The largest absolute Gasteiger partial charge is 0.368 e. The number of hydrogen-bond donors (Lipinski definition) is 2. The van der Waals surface area contributed by atoms with Crippen LogP contribution in [0, 0.1) is 0 Å². The van der Waals surface area contributed by atoms with Gasteiger partial charge in [-0.2, -0.15) is 12.4 Å². The lowest BCUT2D eigenvalue weighted by Gasteiger charge is -2.04. The Labute approximate surface area is 88.8 Å². The number of hydrogen-bond acceptors (Lipinski definition) is 4. The topological polar surface area (TPSA) is 109 Å². The third-order valence-corrected chi connectivity index (χ3v) is 2.83. The van der Waals surface area contributed by atoms with Crippen molar-refractivity contribution in [3.8, 4) is 0 Å². The first-order valence-corrected chi connectivity index (χ1v) is 5.53. The van der Waals surface area contributed by atoms with Crippen molar-refractivity contribution in [3.05, 3.63) is 45.1 Å². The first-order valence-electron chi connectivity index (χ1n) is 4.13. The first kappa shape index (κ1) is 10.6. The minimum atomic E-state index is -4.74. The zero-order chi connectivity index (χ0) is 11.9. The maximum absolute atomic E-state index is 11.3. The van der Waals surface area contributed by atoms with E-state index in [4.69, 9.17) is 4.55 Å². The Morgan fingerprint density at radius 3 is 2.44 bits per heavy atom. The molecule has 0 unspecified atom stereocenters. The molecule has 2 aromatic rings. The Balaban J connectivity index is 3.18. The fraction of sp³-hybridized carbons (Fsp3) is 0. The number of para-hydroxylation sites is 1. The molecule has 0 aliphatic heterocycles. The normalized spacial score (nSPS) is 11.8. The minimum absolute atomic E-state index is 0.000255. The van der Waals surface area contributed by atoms with Crippen LogP contribution in [-0.2, 0) is 10.3 Å². The van der Waals surface area contributed by atoms with Crippen LogP contribution in [0.2, 0.25) is 0 Å². The third-order valence-electron chi connectivity index (χ3n) is 2.00. The lowest BCUT2D eigenvalue weighted by molar-refractivity contribution is 0.471. The quantitative estimate of drug-likeness (QED) is 0.645. The molecule has 1 heterocycles. The molecule has 84 valence electrons. The highest BCUT2D eigenvalue weighted by molar-refractivity contribution is 7.84. The Morgan fingerprint density at radius 2 is 1.81 bits per heavy atom. The molecule has 0 atom stereocenters. The Kier molecular flexibility index (Phi) is 2.17. The summed E-state index contributed by atoms with van der Waals surface area (Å²) < 4.78 is 31.0. The van der Waals surface area contributed by atoms with Gasteiger partial charge in [0, 0.05) is 0 Å². The Hall–Kier alpha value is -1.93. The monoisotopic (exact) mass is 242 g/mol. The van der Waals surface area contributed by atoms with Gasteiger partial charge in [-0.15, -0.1) is 0 Å². The summed E-state index contributed by atoms with van der Waals surface area (Å²) >= 11 is 0. The number of rotatable bonds is 1. The van der Waals surface area contributed by atoms with Crippen LogP contribution in [0.15, 0.2) is 33.9 Å². The van der Waals surface area contributed by atoms with Gasteiger partial charge in [0.15, 0.2) is 0 Å². The van der Waals surface area contributed by atoms with Crippen LogP contribution >= 0.6 is 0 Å². The molecule has 16 heavy (non-hydrogen) atoms. The summed E-state index contributed by atoms with van der Waals surface area (Å²) in [5.74, 6) is 0. The summed E-state index contributed by atoms with van der Waals surface area (Å²) in [5.41, 5.74) is -2.08. The molecule has 0 radical (unpaired) electrons. The number of nitrogens with zero attached hydrogens (tertiary/aromatic N) is 1. The number of nitrogens with one attached hydrogen (secondary N) is 1. The second kappa shape index (κ2) is 3.29. The van der Waals surface area contributed by atoms with E-state index in [2.05, 4.69) is 0 Å². The van der Waals surface area contributed by atoms with Gasteiger partial charge in [-0.05, 0) is 12.1 Å². The number of H-pyrrole nitrogens is 1. The summed E-state index contributed by atoms with van der Waals surface area (Å²) in [6.07, 6.45) is 0. The second-order valence-corrected chi connectivity index (χ2v) is 4.28. The van der Waals surface area contributed by atoms with Crippen LogP contribution in [0.1, 0.15) is 0 Å². The molecule has 0 saturated heterocycles. The van der Waals surface area contributed by atoms with Crippen molar-refractivity contribution in [2.24, 2.45) is 0 Å². The van der Waals surface area contributed by atoms with E-state index in [1.165, 1.54) is 24.3 Å². The van der Waals surface area contributed by atoms with Gasteiger partial charge < -0.3 is 0 Å². The average Bonchev–Trinajstić information content (AvgIpc) is 2.15. The summed E-state index contributed by atoms with van der Waals surface area (Å²) in [6, 6.07) is 5.55. The van der Waals surface area contributed by atoms with Crippen molar-refractivity contribution in [2.75, 3.05) is 0 Å². The fourth-order valence-corrected chi connectivity index (χ4v) is 2.06. The molecule has 0 aliphatic carbocycles. The predicted molar refractivity (Wildman–Crippen MR) is 55.8 cm³/mol. The van der Waals surface area contributed by atoms with Crippen molar-refractivity contribution in [1.29, 1.82) is 0 Å². The lowest BCUT2D eigenvalue weighted by Crippen LogP contribution is -2.34. The first-order chi connectivity index (χ1) is 7.41. The highest BCUT2D eigenvalue weighted by atomic mass is 32.2. The smallest absolute Gasteiger partial charge is 0.273 e. The molecule has 1 aromatic carbocycles. The van der Waals surface area contributed by atoms with Gasteiger partial charge in [0.1, 0.15) is 0 Å². The van der Waals surface area contributed by atoms with E-state index < -0.39 is 21.6 Å². The molecule has 0 bridgehead atoms. The van der Waals surface area contributed by atoms with Crippen molar-refractivity contribution in [3.63, 3.8) is 0 Å². The van der Waals surface area contributed by atoms with Crippen LogP contribution in [0.25, 0.3) is 10.9 Å². The average molecular weight is 242 g/mol. The predicted octanol–water partition coefficient (Wildman–Crippen LogP) is -0.659. The van der Waals surface area contributed by atoms with Gasteiger partial charge in [-0.1, -0.05) is 12.1 Å². The SMILES string of the molecule is O=c1[nH]c(=O)n(S(=O)(=O)O)c2ccccc12. The highest BCUT2D eigenvalue weighted by Gasteiger charge is 2.15. The number of benzene rings is 1. The van der Waals surface area contributed by atoms with Crippen LogP contribution in [0.4, 0.5) is 0 Å². The van der Waals surface area contributed by atoms with Crippen LogP contribution in [-0.4, -0.2) is 21.9 Å². The zero-order valence-electron chi connectivity index (χ0n) is 7.75. The molecule has 0 aliphatic rings. The van der Waals surface area contributed by atoms with Crippen LogP contribution in [0.3, 0.4) is 0 Å². The Morgan fingerprint density at radius 1 is 1.19 bits per heavy atom. The van der Waals surface area contributed by atoms with E-state index in [0.717, 1.165) is 0 Å². The van der Waals surface area contributed by atoms with E-state index in [1.807, 2.05) is 0 Å². The van der Waals surface area contributed by atoms with Gasteiger partial charge in [0.05, 0.1) is 10.9 Å². The molecule has 2 rings (SSSR count). The van der Waals surface area contributed by atoms with E-state index in [-0.39, 0.29) is 14.9 Å². The highest BCUT2D eigenvalue weighted by Crippen LogP contribution is 2.07. The second-order valence-electron chi connectivity index (χ2n) is 3.02. The molecule has 0 fully saturated rings. The fourth-order valence-electron chi connectivity index (χ4n) is 1.40. The molecule has 0 spiro atoms. The third kappa shape index (κ3) is 1.53. The molecule has 7 nitrogen and oxygen atoms in total. The molecule has 2 N–H and O–H groups in total. The van der Waals surface area contributed by atoms with Gasteiger partial charge in [0.25, 0.3) is 5.56 Å². The summed E-state index contributed by atoms with van der Waals surface area (Å²) in [4.78, 5) is 24.4. The van der Waals surface area contributed by atoms with Crippen molar-refractivity contribution in [2.45, 2.75) is 0 Å². The van der Waals surface area contributed by atoms with E-state index >= 15 is 0 Å². The molecular weight excluding hydrogens is 236 g/mol. The Bertz CT molecular complexity index is 771. The van der Waals surface area contributed by atoms with E-state index in [1.54, 1.807) is 4.98 Å². The van der Waals surface area contributed by atoms with E-state index in [9.17, 15) is 18.0 Å². The van der Waals surface area contributed by atoms with Gasteiger partial charge in [-0.3, -0.25) is 14.3 Å². The molecule has 8 heteroatoms. The number of aromatic nitrogens is 2. The van der Waals surface area contributed by atoms with Gasteiger partial charge in [-0.25, -0.2) is 4.79 Å². The number of fused-ring (bicyclic) bond motifs is 1. The summed E-state index contributed by atoms with van der Waals surface area (Å²) in [5, 5.41) is -0.000255. The van der Waals surface area contributed by atoms with Crippen LogP contribution in [0.5, 0.6) is 0 Å². The maximum atomic E-state index is 11.3. The molecule has 0 amide bonds. The summed E-state index contributed by atoms with van der Waals surface area (Å²) in [6.45, 7) is 0. The van der Waals surface area contributed by atoms with Gasteiger partial charge >= 0.3 is 16.0 Å². The van der Waals surface area contributed by atoms with Crippen molar-refractivity contribution >= 4 is 21.2 Å². The lowest BCUT2D eigenvalue weighted by atomic mass is 10.2. The minimum Gasteiger partial charge on any atom is -0.273 e. The van der Waals surface area contributed by atoms with E-state index in [0.29, 0.717) is 0 Å². The standard InChI is InChI=1S/C8H6N2O5S/c11-7-5-3-1-2-4-6(5)10(8(12)9-7)16(13,14)15/h1-4H,(H,9,11,12)(H,13,14,15). The maximum Gasteiger partial charge on any atom is 0.368 e. The molecule has 0 saturated carbocycles. The molecule has 1 aromatic heterocycles. The number of aromatic amines is 1. The van der Waals surface area contributed by atoms with Gasteiger partial charge in [0.2, 0.25) is 0 Å². The van der Waals surface area contributed by atoms with Crippen molar-refractivity contribution < 1.29 is 13.0 Å². The van der Waals surface area contributed by atoms with Crippen molar-refractivity contribution in [1.82, 2.24) is 8.96 Å².